The molecule has 0 aromatic heterocycles. The number of rotatable bonds is 4. The molecule has 0 N–H and O–H groups in total. The van der Waals surface area contributed by atoms with Gasteiger partial charge in [-0.25, -0.2) is 0 Å². The van der Waals surface area contributed by atoms with Gasteiger partial charge in [-0.1, -0.05) is 22.0 Å². The molecule has 0 spiro atoms. The molecule has 1 aromatic rings. The zero-order valence-electron chi connectivity index (χ0n) is 11.0. The molecule has 18 heavy (non-hydrogen) atoms. The lowest BCUT2D eigenvalue weighted by Gasteiger charge is -2.21. The number of benzene rings is 1. The summed E-state index contributed by atoms with van der Waals surface area (Å²) in [6.07, 6.45) is 1.38. The molecule has 100 valence electrons. The van der Waals surface area contributed by atoms with Gasteiger partial charge in [0, 0.05) is 17.4 Å². The lowest BCUT2D eigenvalue weighted by Crippen LogP contribution is -2.16. The van der Waals surface area contributed by atoms with Crippen LogP contribution in [-0.2, 0) is 4.74 Å². The highest BCUT2D eigenvalue weighted by molar-refractivity contribution is 9.09. The molecule has 0 amide bonds. The lowest BCUT2D eigenvalue weighted by atomic mass is 9.93. The Morgan fingerprint density at radius 3 is 2.56 bits per heavy atom. The van der Waals surface area contributed by atoms with Crippen LogP contribution in [0.1, 0.15) is 23.7 Å². The van der Waals surface area contributed by atoms with Crippen molar-refractivity contribution in [2.24, 2.45) is 5.92 Å². The van der Waals surface area contributed by atoms with Crippen molar-refractivity contribution in [3.63, 3.8) is 0 Å². The van der Waals surface area contributed by atoms with Crippen LogP contribution < -0.4 is 9.47 Å². The van der Waals surface area contributed by atoms with Gasteiger partial charge in [0.05, 0.1) is 20.3 Å². The molecule has 0 radical (unpaired) electrons. The summed E-state index contributed by atoms with van der Waals surface area (Å²) in [5.41, 5.74) is 1.20. The normalized spacial score (nSPS) is 24.9. The summed E-state index contributed by atoms with van der Waals surface area (Å²) in [7, 11) is 3.31. The summed E-state index contributed by atoms with van der Waals surface area (Å²) < 4.78 is 16.2. The van der Waals surface area contributed by atoms with Gasteiger partial charge in [-0.05, 0) is 31.0 Å². The van der Waals surface area contributed by atoms with Crippen molar-refractivity contribution >= 4 is 15.9 Å². The third kappa shape index (κ3) is 2.64. The maximum atomic E-state index is 5.62. The highest BCUT2D eigenvalue weighted by Gasteiger charge is 2.31. The molecule has 0 bridgehead atoms. The van der Waals surface area contributed by atoms with Gasteiger partial charge in [0.15, 0.2) is 11.5 Å². The summed E-state index contributed by atoms with van der Waals surface area (Å²) in [5.74, 6) is 2.03. The van der Waals surface area contributed by atoms with Crippen molar-refractivity contribution in [2.45, 2.75) is 24.3 Å². The minimum Gasteiger partial charge on any atom is -0.493 e. The van der Waals surface area contributed by atoms with Crippen LogP contribution in [0.5, 0.6) is 11.5 Å². The predicted molar refractivity (Wildman–Crippen MR) is 74.7 cm³/mol. The molecular formula is C14H19BrO3. The monoisotopic (exact) mass is 314 g/mol. The van der Waals surface area contributed by atoms with Crippen molar-refractivity contribution in [1.82, 2.24) is 0 Å². The first-order valence-corrected chi connectivity index (χ1v) is 7.06. The zero-order valence-corrected chi connectivity index (χ0v) is 12.6. The molecule has 4 heteroatoms. The smallest absolute Gasteiger partial charge is 0.161 e. The van der Waals surface area contributed by atoms with Crippen LogP contribution in [0, 0.1) is 5.92 Å². The van der Waals surface area contributed by atoms with Gasteiger partial charge in [-0.3, -0.25) is 0 Å². The van der Waals surface area contributed by atoms with E-state index in [9.17, 15) is 0 Å². The summed E-state index contributed by atoms with van der Waals surface area (Å²) in [6.45, 7) is 2.98. The number of alkyl halides is 1. The fourth-order valence-electron chi connectivity index (χ4n) is 2.40. The second-order valence-corrected chi connectivity index (χ2v) is 5.53. The Kier molecular flexibility index (Phi) is 4.51. The van der Waals surface area contributed by atoms with Crippen molar-refractivity contribution in [2.75, 3.05) is 20.8 Å². The van der Waals surface area contributed by atoms with E-state index in [-0.39, 0.29) is 4.83 Å². The van der Waals surface area contributed by atoms with Gasteiger partial charge >= 0.3 is 0 Å². The van der Waals surface area contributed by atoms with Crippen LogP contribution in [0.2, 0.25) is 0 Å². The minimum atomic E-state index is 0.287. The zero-order chi connectivity index (χ0) is 13.1. The molecule has 0 aliphatic carbocycles. The molecule has 1 aromatic carbocycles. The fraction of sp³-hybridized carbons (Fsp3) is 0.571. The van der Waals surface area contributed by atoms with Crippen LogP contribution in [0.3, 0.4) is 0 Å². The van der Waals surface area contributed by atoms with Crippen molar-refractivity contribution in [3.05, 3.63) is 23.8 Å². The SMILES string of the molecule is COc1ccc(C(Br)C2CCOC2C)cc1OC. The Morgan fingerprint density at radius 2 is 2.00 bits per heavy atom. The van der Waals surface area contributed by atoms with Gasteiger partial charge in [-0.15, -0.1) is 0 Å². The summed E-state index contributed by atoms with van der Waals surface area (Å²) in [4.78, 5) is 0.287. The number of methoxy groups -OCH3 is 2. The van der Waals surface area contributed by atoms with Gasteiger partial charge in [0.1, 0.15) is 0 Å². The Balaban J connectivity index is 2.22. The van der Waals surface area contributed by atoms with E-state index in [1.807, 2.05) is 12.1 Å². The summed E-state index contributed by atoms with van der Waals surface area (Å²) >= 11 is 3.79. The second-order valence-electron chi connectivity index (χ2n) is 4.54. The highest BCUT2D eigenvalue weighted by Crippen LogP contribution is 2.41. The molecule has 2 rings (SSSR count). The molecule has 0 saturated carbocycles. The molecule has 1 aliphatic rings. The van der Waals surface area contributed by atoms with Crippen LogP contribution in [0.25, 0.3) is 0 Å². The molecule has 3 atom stereocenters. The maximum absolute atomic E-state index is 5.62. The Labute approximate surface area is 117 Å². The van der Waals surface area contributed by atoms with E-state index in [2.05, 4.69) is 28.9 Å². The average Bonchev–Trinajstić information content (AvgIpc) is 2.83. The topological polar surface area (TPSA) is 27.7 Å². The maximum Gasteiger partial charge on any atom is 0.161 e. The number of ether oxygens (including phenoxy) is 3. The molecule has 1 aliphatic heterocycles. The first-order chi connectivity index (χ1) is 8.67. The van der Waals surface area contributed by atoms with Crippen LogP contribution in [0.15, 0.2) is 18.2 Å². The van der Waals surface area contributed by atoms with Gasteiger partial charge in [0.25, 0.3) is 0 Å². The van der Waals surface area contributed by atoms with E-state index in [0.717, 1.165) is 24.5 Å². The molecular weight excluding hydrogens is 296 g/mol. The summed E-state index contributed by atoms with van der Waals surface area (Å²) in [5, 5.41) is 0. The van der Waals surface area contributed by atoms with Crippen molar-refractivity contribution in [3.8, 4) is 11.5 Å². The third-order valence-electron chi connectivity index (χ3n) is 3.54. The summed E-state index contributed by atoms with van der Waals surface area (Å²) in [6, 6.07) is 6.05. The average molecular weight is 315 g/mol. The standard InChI is InChI=1S/C14H19BrO3/c1-9-11(6-7-18-9)14(15)10-4-5-12(16-2)13(8-10)17-3/h4-5,8-9,11,14H,6-7H2,1-3H3. The van der Waals surface area contributed by atoms with E-state index in [0.29, 0.717) is 12.0 Å². The first-order valence-electron chi connectivity index (χ1n) is 6.15. The highest BCUT2D eigenvalue weighted by atomic mass is 79.9. The van der Waals surface area contributed by atoms with Crippen LogP contribution in [-0.4, -0.2) is 26.9 Å². The molecule has 1 saturated heterocycles. The fourth-order valence-corrected chi connectivity index (χ4v) is 3.38. The van der Waals surface area contributed by atoms with E-state index in [1.54, 1.807) is 14.2 Å². The molecule has 1 fully saturated rings. The molecule has 3 unspecified atom stereocenters. The number of hydrogen-bond acceptors (Lipinski definition) is 3. The van der Waals surface area contributed by atoms with Crippen molar-refractivity contribution < 1.29 is 14.2 Å². The Morgan fingerprint density at radius 1 is 1.28 bits per heavy atom. The molecule has 3 nitrogen and oxygen atoms in total. The second kappa shape index (κ2) is 5.93. The first kappa shape index (κ1) is 13.7. The van der Waals surface area contributed by atoms with Crippen LogP contribution >= 0.6 is 15.9 Å². The number of hydrogen-bond donors (Lipinski definition) is 0. The quantitative estimate of drug-likeness (QED) is 0.795. The van der Waals surface area contributed by atoms with Gasteiger partial charge in [-0.2, -0.15) is 0 Å². The minimum absolute atomic E-state index is 0.287. The van der Waals surface area contributed by atoms with E-state index < -0.39 is 0 Å². The van der Waals surface area contributed by atoms with Crippen LogP contribution in [0.4, 0.5) is 0 Å². The van der Waals surface area contributed by atoms with Crippen molar-refractivity contribution in [1.29, 1.82) is 0 Å². The Bertz CT molecular complexity index is 408. The number of halogens is 1. The Hall–Kier alpha value is -0.740. The van der Waals surface area contributed by atoms with Gasteiger partial charge in [0.2, 0.25) is 0 Å². The predicted octanol–water partition coefficient (Wildman–Crippen LogP) is 3.56. The van der Waals surface area contributed by atoms with E-state index >= 15 is 0 Å². The van der Waals surface area contributed by atoms with E-state index in [4.69, 9.17) is 14.2 Å². The largest absolute Gasteiger partial charge is 0.493 e. The lowest BCUT2D eigenvalue weighted by molar-refractivity contribution is 0.105. The van der Waals surface area contributed by atoms with E-state index in [1.165, 1.54) is 5.56 Å². The third-order valence-corrected chi connectivity index (χ3v) is 4.74. The molecule has 1 heterocycles. The van der Waals surface area contributed by atoms with Gasteiger partial charge < -0.3 is 14.2 Å².